The third kappa shape index (κ3) is 3.53. The molecule has 19 heavy (non-hydrogen) atoms. The van der Waals surface area contributed by atoms with Gasteiger partial charge in [0.25, 0.3) is 0 Å². The van der Waals surface area contributed by atoms with Crippen molar-refractivity contribution in [2.45, 2.75) is 23.5 Å². The first kappa shape index (κ1) is 13.5. The minimum atomic E-state index is 0.655. The first-order valence-electron chi connectivity index (χ1n) is 5.87. The molecular formula is C14H14N4S. The molecule has 2 rings (SSSR count). The number of benzene rings is 1. The Morgan fingerprint density at radius 1 is 1.32 bits per heavy atom. The second-order valence-corrected chi connectivity index (χ2v) is 5.13. The quantitative estimate of drug-likeness (QED) is 0.865. The van der Waals surface area contributed by atoms with E-state index in [1.165, 1.54) is 11.8 Å². The SMILES string of the molecule is CNCc1ccc(Sc2ncc(C)cn2)c(C#N)c1. The maximum absolute atomic E-state index is 9.21. The Kier molecular flexibility index (Phi) is 4.50. The summed E-state index contributed by atoms with van der Waals surface area (Å²) in [4.78, 5) is 9.36. The van der Waals surface area contributed by atoms with E-state index in [2.05, 4.69) is 21.4 Å². The Morgan fingerprint density at radius 2 is 2.05 bits per heavy atom. The van der Waals surface area contributed by atoms with Crippen molar-refractivity contribution in [3.05, 3.63) is 47.3 Å². The van der Waals surface area contributed by atoms with E-state index >= 15 is 0 Å². The highest BCUT2D eigenvalue weighted by atomic mass is 32.2. The molecule has 0 radical (unpaired) electrons. The molecule has 0 aliphatic carbocycles. The zero-order valence-electron chi connectivity index (χ0n) is 10.8. The van der Waals surface area contributed by atoms with E-state index in [0.717, 1.165) is 22.6 Å². The Balaban J connectivity index is 2.25. The van der Waals surface area contributed by atoms with Gasteiger partial charge in [0.1, 0.15) is 6.07 Å². The van der Waals surface area contributed by atoms with Crippen LogP contribution in [0.4, 0.5) is 0 Å². The topological polar surface area (TPSA) is 61.6 Å². The Bertz CT molecular complexity index is 602. The molecule has 0 atom stereocenters. The summed E-state index contributed by atoms with van der Waals surface area (Å²) >= 11 is 1.41. The van der Waals surface area contributed by atoms with Crippen LogP contribution in [0.15, 0.2) is 40.6 Å². The lowest BCUT2D eigenvalue weighted by molar-refractivity contribution is 0.816. The van der Waals surface area contributed by atoms with Gasteiger partial charge in [0.05, 0.1) is 5.56 Å². The molecule has 0 spiro atoms. The van der Waals surface area contributed by atoms with Crippen molar-refractivity contribution in [3.63, 3.8) is 0 Å². The van der Waals surface area contributed by atoms with Gasteiger partial charge in [0.15, 0.2) is 5.16 Å². The number of nitrogens with one attached hydrogen (secondary N) is 1. The molecule has 0 saturated carbocycles. The second-order valence-electron chi connectivity index (χ2n) is 4.12. The molecule has 0 aliphatic rings. The predicted molar refractivity (Wildman–Crippen MR) is 74.8 cm³/mol. The van der Waals surface area contributed by atoms with Crippen molar-refractivity contribution in [2.24, 2.45) is 0 Å². The van der Waals surface area contributed by atoms with Gasteiger partial charge in [0.2, 0.25) is 0 Å². The molecule has 0 aliphatic heterocycles. The van der Waals surface area contributed by atoms with E-state index in [1.54, 1.807) is 12.4 Å². The average Bonchev–Trinajstić information content (AvgIpc) is 2.43. The summed E-state index contributed by atoms with van der Waals surface area (Å²) in [5.41, 5.74) is 2.77. The maximum Gasteiger partial charge on any atom is 0.192 e. The number of aromatic nitrogens is 2. The van der Waals surface area contributed by atoms with Gasteiger partial charge < -0.3 is 5.32 Å². The fraction of sp³-hybridized carbons (Fsp3) is 0.214. The summed E-state index contributed by atoms with van der Waals surface area (Å²) in [6.07, 6.45) is 3.55. The molecule has 5 heteroatoms. The average molecular weight is 270 g/mol. The third-order valence-electron chi connectivity index (χ3n) is 2.50. The van der Waals surface area contributed by atoms with Crippen LogP contribution in [-0.2, 0) is 6.54 Å². The van der Waals surface area contributed by atoms with Crippen molar-refractivity contribution < 1.29 is 0 Å². The summed E-state index contributed by atoms with van der Waals surface area (Å²) in [6, 6.07) is 8.07. The second kappa shape index (κ2) is 6.32. The molecule has 0 amide bonds. The van der Waals surface area contributed by atoms with E-state index < -0.39 is 0 Å². The van der Waals surface area contributed by atoms with E-state index in [-0.39, 0.29) is 0 Å². The van der Waals surface area contributed by atoms with Crippen LogP contribution in [0.1, 0.15) is 16.7 Å². The number of nitriles is 1. The van der Waals surface area contributed by atoms with Crippen LogP contribution in [0, 0.1) is 18.3 Å². The van der Waals surface area contributed by atoms with Crippen molar-refractivity contribution in [1.29, 1.82) is 5.26 Å². The van der Waals surface area contributed by atoms with Gasteiger partial charge in [-0.05, 0) is 49.0 Å². The lowest BCUT2D eigenvalue weighted by Crippen LogP contribution is -2.05. The molecule has 96 valence electrons. The molecule has 2 aromatic rings. The van der Waals surface area contributed by atoms with Crippen LogP contribution in [0.25, 0.3) is 0 Å². The van der Waals surface area contributed by atoms with E-state index in [1.807, 2.05) is 32.2 Å². The zero-order valence-corrected chi connectivity index (χ0v) is 11.7. The monoisotopic (exact) mass is 270 g/mol. The fourth-order valence-electron chi connectivity index (χ4n) is 1.60. The van der Waals surface area contributed by atoms with Crippen molar-refractivity contribution in [2.75, 3.05) is 7.05 Å². The first-order chi connectivity index (χ1) is 9.22. The minimum absolute atomic E-state index is 0.655. The van der Waals surface area contributed by atoms with Gasteiger partial charge in [-0.15, -0.1) is 0 Å². The lowest BCUT2D eigenvalue weighted by atomic mass is 10.1. The van der Waals surface area contributed by atoms with Crippen LogP contribution in [0.5, 0.6) is 0 Å². The summed E-state index contributed by atoms with van der Waals surface area (Å²) in [7, 11) is 1.88. The Morgan fingerprint density at radius 3 is 2.68 bits per heavy atom. The van der Waals surface area contributed by atoms with Crippen LogP contribution in [-0.4, -0.2) is 17.0 Å². The van der Waals surface area contributed by atoms with Gasteiger partial charge in [-0.25, -0.2) is 9.97 Å². The first-order valence-corrected chi connectivity index (χ1v) is 6.68. The van der Waals surface area contributed by atoms with Gasteiger partial charge in [-0.1, -0.05) is 6.07 Å². The van der Waals surface area contributed by atoms with E-state index in [4.69, 9.17) is 0 Å². The van der Waals surface area contributed by atoms with Crippen LogP contribution in [0.3, 0.4) is 0 Å². The number of hydrogen-bond acceptors (Lipinski definition) is 5. The van der Waals surface area contributed by atoms with E-state index in [9.17, 15) is 5.26 Å². The number of nitrogens with zero attached hydrogens (tertiary/aromatic N) is 3. The standard InChI is InChI=1S/C14H14N4S/c1-10-7-17-14(18-8-10)19-13-4-3-11(9-16-2)5-12(13)6-15/h3-5,7-8,16H,9H2,1-2H3. The Hall–Kier alpha value is -1.90. The van der Waals surface area contributed by atoms with E-state index in [0.29, 0.717) is 10.7 Å². The largest absolute Gasteiger partial charge is 0.316 e. The van der Waals surface area contributed by atoms with Gasteiger partial charge in [-0.2, -0.15) is 5.26 Å². The fourth-order valence-corrected chi connectivity index (χ4v) is 2.36. The van der Waals surface area contributed by atoms with Gasteiger partial charge in [-0.3, -0.25) is 0 Å². The summed E-state index contributed by atoms with van der Waals surface area (Å²) in [5, 5.41) is 12.9. The summed E-state index contributed by atoms with van der Waals surface area (Å²) < 4.78 is 0. The molecule has 0 fully saturated rings. The van der Waals surface area contributed by atoms with Crippen LogP contribution in [0.2, 0.25) is 0 Å². The Labute approximate surface area is 116 Å². The zero-order chi connectivity index (χ0) is 13.7. The molecular weight excluding hydrogens is 256 g/mol. The molecule has 0 saturated heterocycles. The van der Waals surface area contributed by atoms with Crippen molar-refractivity contribution in [1.82, 2.24) is 15.3 Å². The van der Waals surface area contributed by atoms with Gasteiger partial charge in [0, 0.05) is 23.8 Å². The minimum Gasteiger partial charge on any atom is -0.316 e. The highest BCUT2D eigenvalue weighted by molar-refractivity contribution is 7.99. The van der Waals surface area contributed by atoms with Crippen molar-refractivity contribution >= 4 is 11.8 Å². The number of rotatable bonds is 4. The number of aryl methyl sites for hydroxylation is 1. The molecule has 1 aromatic carbocycles. The van der Waals surface area contributed by atoms with Crippen LogP contribution < -0.4 is 5.32 Å². The highest BCUT2D eigenvalue weighted by Gasteiger charge is 2.07. The molecule has 1 N–H and O–H groups in total. The number of hydrogen-bond donors (Lipinski definition) is 1. The van der Waals surface area contributed by atoms with Crippen LogP contribution >= 0.6 is 11.8 Å². The van der Waals surface area contributed by atoms with Gasteiger partial charge >= 0.3 is 0 Å². The smallest absolute Gasteiger partial charge is 0.192 e. The third-order valence-corrected chi connectivity index (χ3v) is 3.47. The normalized spacial score (nSPS) is 10.2. The molecule has 0 unspecified atom stereocenters. The molecule has 0 bridgehead atoms. The van der Waals surface area contributed by atoms with Crippen molar-refractivity contribution in [3.8, 4) is 6.07 Å². The predicted octanol–water partition coefficient (Wildman–Crippen LogP) is 2.53. The lowest BCUT2D eigenvalue weighted by Gasteiger charge is -2.05. The maximum atomic E-state index is 9.21. The molecule has 1 aromatic heterocycles. The molecule has 1 heterocycles. The summed E-state index contributed by atoms with van der Waals surface area (Å²) in [5.74, 6) is 0. The highest BCUT2D eigenvalue weighted by Crippen LogP contribution is 2.28. The summed E-state index contributed by atoms with van der Waals surface area (Å²) in [6.45, 7) is 2.70. The molecule has 4 nitrogen and oxygen atoms in total.